The molecular formula is C7H13N3O3S. The monoisotopic (exact) mass is 219 g/mol. The maximum atomic E-state index is 11.2. The van der Waals surface area contributed by atoms with Crippen LogP contribution in [0.4, 0.5) is 5.82 Å². The molecule has 0 aliphatic heterocycles. The second-order valence-corrected chi connectivity index (χ2v) is 4.78. The van der Waals surface area contributed by atoms with Gasteiger partial charge in [-0.2, -0.15) is 5.10 Å². The summed E-state index contributed by atoms with van der Waals surface area (Å²) in [4.78, 5) is 0. The quantitative estimate of drug-likeness (QED) is 0.712. The molecule has 1 aromatic rings. The molecular weight excluding hydrogens is 206 g/mol. The highest BCUT2D eigenvalue weighted by Gasteiger charge is 2.12. The van der Waals surface area contributed by atoms with Gasteiger partial charge in [0.1, 0.15) is 5.82 Å². The number of aromatic nitrogens is 2. The van der Waals surface area contributed by atoms with Gasteiger partial charge in [0.05, 0.1) is 18.1 Å². The molecule has 0 aromatic carbocycles. The van der Waals surface area contributed by atoms with E-state index in [0.717, 1.165) is 5.69 Å². The number of hydrogen-bond acceptors (Lipinski definition) is 4. The lowest BCUT2D eigenvalue weighted by Crippen LogP contribution is -2.20. The molecule has 0 saturated carbocycles. The van der Waals surface area contributed by atoms with Crippen molar-refractivity contribution in [2.75, 3.05) is 17.1 Å². The first kappa shape index (κ1) is 11.0. The molecule has 0 spiro atoms. The number of sulfonamides is 1. The van der Waals surface area contributed by atoms with Crippen molar-refractivity contribution in [2.45, 2.75) is 6.92 Å². The van der Waals surface area contributed by atoms with Crippen LogP contribution in [0.1, 0.15) is 5.69 Å². The van der Waals surface area contributed by atoms with Crippen molar-refractivity contribution in [3.8, 4) is 0 Å². The maximum absolute atomic E-state index is 11.2. The van der Waals surface area contributed by atoms with E-state index in [-0.39, 0.29) is 5.75 Å². The third-order valence-electron chi connectivity index (χ3n) is 1.62. The first-order chi connectivity index (χ1) is 6.44. The summed E-state index contributed by atoms with van der Waals surface area (Å²) in [5.41, 5.74) is 0.731. The predicted octanol–water partition coefficient (Wildman–Crippen LogP) is -0.537. The van der Waals surface area contributed by atoms with Crippen molar-refractivity contribution in [1.82, 2.24) is 9.78 Å². The third kappa shape index (κ3) is 2.71. The van der Waals surface area contributed by atoms with Gasteiger partial charge in [0.2, 0.25) is 10.0 Å². The van der Waals surface area contributed by atoms with Crippen LogP contribution in [0.2, 0.25) is 0 Å². The van der Waals surface area contributed by atoms with E-state index in [4.69, 9.17) is 5.11 Å². The molecule has 1 heterocycles. The van der Waals surface area contributed by atoms with Crippen LogP contribution in [-0.4, -0.2) is 35.7 Å². The van der Waals surface area contributed by atoms with Crippen molar-refractivity contribution in [1.29, 1.82) is 0 Å². The van der Waals surface area contributed by atoms with E-state index in [1.807, 2.05) is 0 Å². The van der Waals surface area contributed by atoms with Crippen LogP contribution in [0.3, 0.4) is 0 Å². The van der Waals surface area contributed by atoms with E-state index < -0.39 is 16.6 Å². The SMILES string of the molecule is Cc1cc(NS(=O)(=O)CCO)n(C)n1. The Bertz CT molecular complexity index is 410. The molecule has 1 aromatic heterocycles. The minimum Gasteiger partial charge on any atom is -0.395 e. The summed E-state index contributed by atoms with van der Waals surface area (Å²) < 4.78 is 26.3. The predicted molar refractivity (Wildman–Crippen MR) is 52.4 cm³/mol. The zero-order chi connectivity index (χ0) is 10.8. The molecule has 0 atom stereocenters. The Balaban J connectivity index is 2.83. The molecule has 1 rings (SSSR count). The van der Waals surface area contributed by atoms with E-state index in [1.54, 1.807) is 20.0 Å². The normalized spacial score (nSPS) is 11.6. The van der Waals surface area contributed by atoms with Gasteiger partial charge >= 0.3 is 0 Å². The fourth-order valence-electron chi connectivity index (χ4n) is 1.04. The number of rotatable bonds is 4. The molecule has 2 N–H and O–H groups in total. The molecule has 7 heteroatoms. The Morgan fingerprint density at radius 2 is 2.29 bits per heavy atom. The summed E-state index contributed by atoms with van der Waals surface area (Å²) in [6.07, 6.45) is 0. The molecule has 14 heavy (non-hydrogen) atoms. The Morgan fingerprint density at radius 1 is 1.64 bits per heavy atom. The highest BCUT2D eigenvalue weighted by atomic mass is 32.2. The Morgan fingerprint density at radius 3 is 2.71 bits per heavy atom. The average molecular weight is 219 g/mol. The van der Waals surface area contributed by atoms with Gasteiger partial charge in [-0.25, -0.2) is 8.42 Å². The van der Waals surface area contributed by atoms with Crippen LogP contribution in [0.15, 0.2) is 6.07 Å². The van der Waals surface area contributed by atoms with Gasteiger partial charge in [0.15, 0.2) is 0 Å². The second kappa shape index (κ2) is 3.97. The Hall–Kier alpha value is -1.08. The van der Waals surface area contributed by atoms with Gasteiger partial charge in [-0.3, -0.25) is 9.40 Å². The van der Waals surface area contributed by atoms with Crippen LogP contribution in [0.5, 0.6) is 0 Å². The lowest BCUT2D eigenvalue weighted by molar-refractivity contribution is 0.320. The third-order valence-corrected chi connectivity index (χ3v) is 2.86. The Labute approximate surface area is 82.6 Å². The van der Waals surface area contributed by atoms with Gasteiger partial charge in [-0.1, -0.05) is 0 Å². The summed E-state index contributed by atoms with van der Waals surface area (Å²) in [6, 6.07) is 1.62. The van der Waals surface area contributed by atoms with E-state index in [2.05, 4.69) is 9.82 Å². The van der Waals surface area contributed by atoms with Crippen LogP contribution in [0.25, 0.3) is 0 Å². The first-order valence-electron chi connectivity index (χ1n) is 4.06. The smallest absolute Gasteiger partial charge is 0.236 e. The first-order valence-corrected chi connectivity index (χ1v) is 5.72. The van der Waals surface area contributed by atoms with E-state index in [1.165, 1.54) is 4.68 Å². The van der Waals surface area contributed by atoms with Gasteiger partial charge in [-0.15, -0.1) is 0 Å². The highest BCUT2D eigenvalue weighted by Crippen LogP contribution is 2.09. The average Bonchev–Trinajstić information content (AvgIpc) is 2.28. The molecule has 0 bridgehead atoms. The van der Waals surface area contributed by atoms with E-state index in [9.17, 15) is 8.42 Å². The minimum absolute atomic E-state index is 0.308. The number of aliphatic hydroxyl groups is 1. The number of aliphatic hydroxyl groups excluding tert-OH is 1. The summed E-state index contributed by atoms with van der Waals surface area (Å²) in [5, 5.41) is 12.5. The highest BCUT2D eigenvalue weighted by molar-refractivity contribution is 7.92. The fraction of sp³-hybridized carbons (Fsp3) is 0.571. The lowest BCUT2D eigenvalue weighted by Gasteiger charge is -2.05. The van der Waals surface area contributed by atoms with Crippen molar-refractivity contribution < 1.29 is 13.5 Å². The number of nitrogens with zero attached hydrogens (tertiary/aromatic N) is 2. The van der Waals surface area contributed by atoms with Gasteiger partial charge < -0.3 is 5.11 Å². The van der Waals surface area contributed by atoms with Crippen molar-refractivity contribution in [3.63, 3.8) is 0 Å². The largest absolute Gasteiger partial charge is 0.395 e. The zero-order valence-electron chi connectivity index (χ0n) is 8.06. The van der Waals surface area contributed by atoms with Crippen molar-refractivity contribution in [2.24, 2.45) is 7.05 Å². The number of anilines is 1. The van der Waals surface area contributed by atoms with E-state index in [0.29, 0.717) is 5.82 Å². The molecule has 6 nitrogen and oxygen atoms in total. The molecule has 0 aliphatic rings. The lowest BCUT2D eigenvalue weighted by atomic mass is 10.5. The number of nitrogens with one attached hydrogen (secondary N) is 1. The summed E-state index contributed by atoms with van der Waals surface area (Å²) >= 11 is 0. The summed E-state index contributed by atoms with van der Waals surface area (Å²) in [5.74, 6) is 0.0907. The van der Waals surface area contributed by atoms with Crippen molar-refractivity contribution >= 4 is 15.8 Å². The molecule has 80 valence electrons. The minimum atomic E-state index is -3.45. The summed E-state index contributed by atoms with van der Waals surface area (Å²) in [7, 11) is -1.81. The molecule has 0 unspecified atom stereocenters. The molecule has 0 fully saturated rings. The van der Waals surface area contributed by atoms with Crippen LogP contribution in [-0.2, 0) is 17.1 Å². The van der Waals surface area contributed by atoms with Gasteiger partial charge in [-0.05, 0) is 6.92 Å². The van der Waals surface area contributed by atoms with E-state index >= 15 is 0 Å². The number of hydrogen-bond donors (Lipinski definition) is 2. The van der Waals surface area contributed by atoms with Crippen LogP contribution >= 0.6 is 0 Å². The molecule has 0 aliphatic carbocycles. The zero-order valence-corrected chi connectivity index (χ0v) is 8.87. The maximum Gasteiger partial charge on any atom is 0.236 e. The molecule has 0 radical (unpaired) electrons. The molecule has 0 saturated heterocycles. The van der Waals surface area contributed by atoms with Gasteiger partial charge in [0, 0.05) is 13.1 Å². The van der Waals surface area contributed by atoms with Crippen molar-refractivity contribution in [3.05, 3.63) is 11.8 Å². The summed E-state index contributed by atoms with van der Waals surface area (Å²) in [6.45, 7) is 1.37. The van der Waals surface area contributed by atoms with Crippen LogP contribution in [0, 0.1) is 6.92 Å². The number of aryl methyl sites for hydroxylation is 2. The second-order valence-electron chi connectivity index (χ2n) is 2.94. The standard InChI is InChI=1S/C7H13N3O3S/c1-6-5-7(10(2)8-6)9-14(12,13)4-3-11/h5,9,11H,3-4H2,1-2H3. The Kier molecular flexibility index (Phi) is 3.12. The molecule has 0 amide bonds. The van der Waals surface area contributed by atoms with Crippen LogP contribution < -0.4 is 4.72 Å². The van der Waals surface area contributed by atoms with Gasteiger partial charge in [0.25, 0.3) is 0 Å². The fourth-order valence-corrected chi connectivity index (χ4v) is 1.89. The topological polar surface area (TPSA) is 84.2 Å².